The maximum atomic E-state index is 12.3. The third kappa shape index (κ3) is 13.2. The summed E-state index contributed by atoms with van der Waals surface area (Å²) < 4.78 is 0. The number of carboxylic acids is 3. The molecule has 0 spiro atoms. The molecule has 0 unspecified atom stereocenters. The van der Waals surface area contributed by atoms with E-state index in [1.54, 1.807) is 14.7 Å². The first-order valence-corrected chi connectivity index (χ1v) is 11.0. The molecule has 0 aromatic heterocycles. The number of hydrogen-bond acceptors (Lipinski definition) is 8. The molecule has 0 aromatic rings. The van der Waals surface area contributed by atoms with E-state index >= 15 is 0 Å². The molecule has 1 aliphatic rings. The van der Waals surface area contributed by atoms with Crippen LogP contribution in [0.1, 0.15) is 19.8 Å². The Labute approximate surface area is 188 Å². The number of nitrogens with one attached hydrogen (secondary N) is 1. The molecular weight excluding hydrogens is 422 g/mol. The van der Waals surface area contributed by atoms with E-state index in [0.717, 1.165) is 12.8 Å². The molecule has 1 heterocycles. The molecule has 32 heavy (non-hydrogen) atoms. The molecule has 12 nitrogen and oxygen atoms in total. The van der Waals surface area contributed by atoms with Gasteiger partial charge in [-0.05, 0) is 6.42 Å². The van der Waals surface area contributed by atoms with E-state index in [9.17, 15) is 34.5 Å². The number of hydrogen-bond donors (Lipinski definition) is 4. The molecule has 1 amide bonds. The zero-order valence-electron chi connectivity index (χ0n) is 18.9. The monoisotopic (exact) mass is 459 g/mol. The highest BCUT2D eigenvalue weighted by molar-refractivity contribution is 5.78. The Hall–Kier alpha value is -2.28. The van der Waals surface area contributed by atoms with Crippen LogP contribution in [0.25, 0.3) is 0 Å². The van der Waals surface area contributed by atoms with Crippen molar-refractivity contribution in [3.63, 3.8) is 0 Å². The fraction of sp³-hybridized carbons (Fsp3) is 0.800. The molecule has 0 aliphatic carbocycles. The fourth-order valence-electron chi connectivity index (χ4n) is 3.45. The molecular formula is C20H37N5O7. The van der Waals surface area contributed by atoms with Gasteiger partial charge in [-0.1, -0.05) is 13.3 Å². The zero-order chi connectivity index (χ0) is 23.9. The Bertz CT molecular complexity index is 587. The number of rotatable bonds is 11. The minimum Gasteiger partial charge on any atom is -0.480 e. The van der Waals surface area contributed by atoms with Gasteiger partial charge in [0.15, 0.2) is 0 Å². The van der Waals surface area contributed by atoms with Crippen molar-refractivity contribution in [3.8, 4) is 0 Å². The van der Waals surface area contributed by atoms with Crippen molar-refractivity contribution in [1.82, 2.24) is 24.9 Å². The third-order valence-corrected chi connectivity index (χ3v) is 5.23. The first-order valence-electron chi connectivity index (χ1n) is 11.0. The van der Waals surface area contributed by atoms with Crippen LogP contribution in [-0.4, -0.2) is 144 Å². The Kier molecular flexibility index (Phi) is 13.5. The van der Waals surface area contributed by atoms with Gasteiger partial charge >= 0.3 is 17.9 Å². The molecule has 1 fully saturated rings. The molecule has 4 N–H and O–H groups in total. The summed E-state index contributed by atoms with van der Waals surface area (Å²) in [4.78, 5) is 53.1. The molecule has 1 saturated heterocycles. The largest absolute Gasteiger partial charge is 0.480 e. The van der Waals surface area contributed by atoms with Crippen LogP contribution >= 0.6 is 0 Å². The smallest absolute Gasteiger partial charge is 0.317 e. The number of carbonyl (C=O) groups excluding carboxylic acids is 1. The van der Waals surface area contributed by atoms with E-state index in [4.69, 9.17) is 0 Å². The predicted molar refractivity (Wildman–Crippen MR) is 117 cm³/mol. The van der Waals surface area contributed by atoms with E-state index in [0.29, 0.717) is 58.9 Å². The second-order valence-corrected chi connectivity index (χ2v) is 7.99. The van der Waals surface area contributed by atoms with Crippen LogP contribution in [0.2, 0.25) is 0 Å². The van der Waals surface area contributed by atoms with Crippen molar-refractivity contribution in [2.75, 3.05) is 85.1 Å². The maximum Gasteiger partial charge on any atom is 0.317 e. The Balaban J connectivity index is 2.89. The molecule has 0 bridgehead atoms. The summed E-state index contributed by atoms with van der Waals surface area (Å²) in [7, 11) is 0. The van der Waals surface area contributed by atoms with Crippen molar-refractivity contribution >= 4 is 23.8 Å². The Morgan fingerprint density at radius 2 is 0.938 bits per heavy atom. The van der Waals surface area contributed by atoms with Gasteiger partial charge in [-0.2, -0.15) is 0 Å². The summed E-state index contributed by atoms with van der Waals surface area (Å²) in [5.74, 6) is -3.06. The standard InChI is InChI=1S/C20H37N5O7/c1-2-3-4-21-17(26)13-22-5-7-23(14-18(27)28)9-11-25(16-20(31)32)12-10-24(8-6-22)15-19(29)30/h2-16H2,1H3,(H,21,26)(H,27,28)(H,29,30)(H,31,32). The summed E-state index contributed by atoms with van der Waals surface area (Å²) in [6.07, 6.45) is 1.86. The van der Waals surface area contributed by atoms with E-state index in [2.05, 4.69) is 5.32 Å². The van der Waals surface area contributed by atoms with E-state index in [-0.39, 0.29) is 32.1 Å². The number of aliphatic carboxylic acids is 3. The van der Waals surface area contributed by atoms with E-state index in [1.807, 2.05) is 11.8 Å². The summed E-state index contributed by atoms with van der Waals surface area (Å²) in [5.41, 5.74) is 0. The average molecular weight is 460 g/mol. The number of nitrogens with zero attached hydrogens (tertiary/aromatic N) is 4. The fourth-order valence-corrected chi connectivity index (χ4v) is 3.45. The summed E-state index contributed by atoms with van der Waals surface area (Å²) >= 11 is 0. The highest BCUT2D eigenvalue weighted by atomic mass is 16.4. The Morgan fingerprint density at radius 1 is 0.625 bits per heavy atom. The minimum atomic E-state index is -0.994. The second-order valence-electron chi connectivity index (χ2n) is 7.99. The number of amides is 1. The lowest BCUT2D eigenvalue weighted by molar-refractivity contribution is -0.140. The predicted octanol–water partition coefficient (Wildman–Crippen LogP) is -1.62. The molecule has 0 atom stereocenters. The van der Waals surface area contributed by atoms with Gasteiger partial charge < -0.3 is 20.6 Å². The lowest BCUT2D eigenvalue weighted by Gasteiger charge is -2.32. The van der Waals surface area contributed by atoms with Crippen molar-refractivity contribution in [3.05, 3.63) is 0 Å². The van der Waals surface area contributed by atoms with Crippen molar-refractivity contribution in [1.29, 1.82) is 0 Å². The van der Waals surface area contributed by atoms with Crippen LogP contribution in [0.3, 0.4) is 0 Å². The van der Waals surface area contributed by atoms with Crippen molar-refractivity contribution < 1.29 is 34.5 Å². The molecule has 0 aromatic carbocycles. The van der Waals surface area contributed by atoms with Crippen LogP contribution in [0.4, 0.5) is 0 Å². The highest BCUT2D eigenvalue weighted by Crippen LogP contribution is 2.01. The topological polar surface area (TPSA) is 154 Å². The lowest BCUT2D eigenvalue weighted by Crippen LogP contribution is -2.49. The second kappa shape index (κ2) is 15.5. The van der Waals surface area contributed by atoms with Crippen molar-refractivity contribution in [2.45, 2.75) is 19.8 Å². The van der Waals surface area contributed by atoms with Gasteiger partial charge in [0.25, 0.3) is 0 Å². The number of carboxylic acid groups (broad SMARTS) is 3. The number of carbonyl (C=O) groups is 4. The van der Waals surface area contributed by atoms with E-state index < -0.39 is 17.9 Å². The van der Waals surface area contributed by atoms with Crippen LogP contribution in [-0.2, 0) is 19.2 Å². The van der Waals surface area contributed by atoms with Gasteiger partial charge in [-0.25, -0.2) is 0 Å². The molecule has 1 aliphatic heterocycles. The lowest BCUT2D eigenvalue weighted by atomic mass is 10.3. The maximum absolute atomic E-state index is 12.3. The van der Waals surface area contributed by atoms with Gasteiger partial charge in [0.1, 0.15) is 0 Å². The van der Waals surface area contributed by atoms with Crippen LogP contribution in [0.5, 0.6) is 0 Å². The first-order chi connectivity index (χ1) is 15.2. The zero-order valence-corrected chi connectivity index (χ0v) is 18.9. The van der Waals surface area contributed by atoms with Gasteiger partial charge in [-0.15, -0.1) is 0 Å². The average Bonchev–Trinajstić information content (AvgIpc) is 2.69. The quantitative estimate of drug-likeness (QED) is 0.264. The molecule has 0 saturated carbocycles. The van der Waals surface area contributed by atoms with Gasteiger partial charge in [0.2, 0.25) is 5.91 Å². The van der Waals surface area contributed by atoms with Crippen molar-refractivity contribution in [2.24, 2.45) is 0 Å². The van der Waals surface area contributed by atoms with Crippen LogP contribution in [0.15, 0.2) is 0 Å². The highest BCUT2D eigenvalue weighted by Gasteiger charge is 2.20. The number of unbranched alkanes of at least 4 members (excludes halogenated alkanes) is 1. The summed E-state index contributed by atoms with van der Waals surface area (Å²) in [6.45, 7) is 5.30. The van der Waals surface area contributed by atoms with Gasteiger partial charge in [0, 0.05) is 58.9 Å². The third-order valence-electron chi connectivity index (χ3n) is 5.23. The molecule has 12 heteroatoms. The van der Waals surface area contributed by atoms with Crippen LogP contribution in [0, 0.1) is 0 Å². The van der Waals surface area contributed by atoms with Gasteiger partial charge in [0.05, 0.1) is 26.2 Å². The molecule has 0 radical (unpaired) electrons. The first kappa shape index (κ1) is 27.8. The molecule has 184 valence electrons. The summed E-state index contributed by atoms with van der Waals surface area (Å²) in [6, 6.07) is 0. The Morgan fingerprint density at radius 3 is 1.22 bits per heavy atom. The normalized spacial score (nSPS) is 18.4. The van der Waals surface area contributed by atoms with Crippen LogP contribution < -0.4 is 5.32 Å². The minimum absolute atomic E-state index is 0.118. The SMILES string of the molecule is CCCCNC(=O)CN1CCN(CC(=O)O)CCN(CC(=O)O)CCN(CC(=O)O)CC1. The van der Waals surface area contributed by atoms with Gasteiger partial charge in [-0.3, -0.25) is 38.8 Å². The summed E-state index contributed by atoms with van der Waals surface area (Å²) in [5, 5.41) is 30.5. The molecule has 1 rings (SSSR count). The van der Waals surface area contributed by atoms with E-state index in [1.165, 1.54) is 0 Å².